The first kappa shape index (κ1) is 13.8. The molecule has 1 atom stereocenters. The molecule has 3 aromatic rings. The van der Waals surface area contributed by atoms with E-state index in [1.807, 2.05) is 58.7 Å². The number of H-pyrrole nitrogens is 1. The summed E-state index contributed by atoms with van der Waals surface area (Å²) in [4.78, 5) is 22.7. The van der Waals surface area contributed by atoms with Gasteiger partial charge in [0.15, 0.2) is 0 Å². The fourth-order valence-corrected chi connectivity index (χ4v) is 4.79. The highest BCUT2D eigenvalue weighted by atomic mass is 32.2. The molecule has 1 aromatic carbocycles. The van der Waals surface area contributed by atoms with E-state index in [9.17, 15) is 4.79 Å². The maximum atomic E-state index is 13.1. The van der Waals surface area contributed by atoms with Crippen LogP contribution in [0, 0.1) is 0 Å². The second-order valence-electron chi connectivity index (χ2n) is 5.20. The van der Waals surface area contributed by atoms with Crippen molar-refractivity contribution >= 4 is 39.9 Å². The fourth-order valence-electron chi connectivity index (χ4n) is 2.88. The summed E-state index contributed by atoms with van der Waals surface area (Å²) in [6.07, 6.45) is 3.70. The van der Waals surface area contributed by atoms with Gasteiger partial charge in [-0.3, -0.25) is 4.79 Å². The predicted molar refractivity (Wildman–Crippen MR) is 91.5 cm³/mol. The van der Waals surface area contributed by atoms with E-state index in [1.54, 1.807) is 11.3 Å². The Bertz CT molecular complexity index is 797. The van der Waals surface area contributed by atoms with E-state index < -0.39 is 0 Å². The topological polar surface area (TPSA) is 49.0 Å². The van der Waals surface area contributed by atoms with Crippen LogP contribution in [0.4, 0.5) is 0 Å². The van der Waals surface area contributed by atoms with Crippen molar-refractivity contribution in [1.29, 1.82) is 0 Å². The van der Waals surface area contributed by atoms with Crippen LogP contribution in [-0.2, 0) is 0 Å². The third-order valence-electron chi connectivity index (χ3n) is 3.95. The molecule has 1 aliphatic rings. The summed E-state index contributed by atoms with van der Waals surface area (Å²) < 4.78 is 0. The zero-order valence-electron chi connectivity index (χ0n) is 11.9. The van der Waals surface area contributed by atoms with Crippen LogP contribution in [0.1, 0.15) is 21.4 Å². The molecule has 4 nitrogen and oxygen atoms in total. The molecule has 0 aliphatic carbocycles. The van der Waals surface area contributed by atoms with Gasteiger partial charge in [-0.05, 0) is 18.2 Å². The molecular weight excluding hydrogens is 314 g/mol. The second kappa shape index (κ2) is 5.78. The zero-order valence-corrected chi connectivity index (χ0v) is 13.5. The molecule has 1 fully saturated rings. The number of hydrogen-bond donors (Lipinski definition) is 1. The van der Waals surface area contributed by atoms with Crippen molar-refractivity contribution in [2.24, 2.45) is 0 Å². The van der Waals surface area contributed by atoms with E-state index in [2.05, 4.69) is 9.97 Å². The molecule has 1 N–H and O–H groups in total. The van der Waals surface area contributed by atoms with Gasteiger partial charge < -0.3 is 9.88 Å². The fraction of sp³-hybridized carbons (Fsp3) is 0.250. The van der Waals surface area contributed by atoms with Crippen molar-refractivity contribution in [3.05, 3.63) is 52.6 Å². The number of aromatic nitrogens is 2. The monoisotopic (exact) mass is 329 g/mol. The van der Waals surface area contributed by atoms with Crippen molar-refractivity contribution in [1.82, 2.24) is 14.9 Å². The number of benzene rings is 1. The molecule has 2 aromatic heterocycles. The SMILES string of the molecule is O=C(c1cccc2[nH]ccc12)N1CCSCC1c1nccs1. The molecule has 0 saturated carbocycles. The standard InChI is InChI=1S/C16H15N3OS2/c20-16(12-2-1-3-13-11(12)4-5-17-13)19-7-9-21-10-14(19)15-18-6-8-22-15/h1-6,8,14,17H,7,9-10H2. The number of rotatable bonds is 2. The van der Waals surface area contributed by atoms with Crippen LogP contribution >= 0.6 is 23.1 Å². The lowest BCUT2D eigenvalue weighted by molar-refractivity contribution is 0.0703. The van der Waals surface area contributed by atoms with Crippen LogP contribution in [0.3, 0.4) is 0 Å². The minimum Gasteiger partial charge on any atom is -0.361 e. The van der Waals surface area contributed by atoms with Crippen LogP contribution in [0.2, 0.25) is 0 Å². The molecular formula is C16H15N3OS2. The Morgan fingerprint density at radius 3 is 3.18 bits per heavy atom. The Morgan fingerprint density at radius 2 is 2.32 bits per heavy atom. The van der Waals surface area contributed by atoms with E-state index >= 15 is 0 Å². The Hall–Kier alpha value is -1.79. The van der Waals surface area contributed by atoms with E-state index in [1.165, 1.54) is 0 Å². The molecule has 112 valence electrons. The number of fused-ring (bicyclic) bond motifs is 1. The van der Waals surface area contributed by atoms with Crippen LogP contribution in [0.25, 0.3) is 10.9 Å². The molecule has 3 heterocycles. The first-order chi connectivity index (χ1) is 10.8. The van der Waals surface area contributed by atoms with Crippen molar-refractivity contribution in [3.63, 3.8) is 0 Å². The van der Waals surface area contributed by atoms with E-state index in [-0.39, 0.29) is 11.9 Å². The van der Waals surface area contributed by atoms with Crippen molar-refractivity contribution in [2.45, 2.75) is 6.04 Å². The van der Waals surface area contributed by atoms with Gasteiger partial charge in [-0.1, -0.05) is 6.07 Å². The summed E-state index contributed by atoms with van der Waals surface area (Å²) in [6.45, 7) is 0.772. The molecule has 4 rings (SSSR count). The van der Waals surface area contributed by atoms with Crippen LogP contribution < -0.4 is 0 Å². The normalized spacial score (nSPS) is 18.7. The Morgan fingerprint density at radius 1 is 1.36 bits per heavy atom. The summed E-state index contributed by atoms with van der Waals surface area (Å²) in [5, 5.41) is 4.00. The van der Waals surface area contributed by atoms with Crippen molar-refractivity contribution in [2.75, 3.05) is 18.1 Å². The average molecular weight is 329 g/mol. The number of hydrogen-bond acceptors (Lipinski definition) is 4. The van der Waals surface area contributed by atoms with Crippen molar-refractivity contribution < 1.29 is 4.79 Å². The number of nitrogens with one attached hydrogen (secondary N) is 1. The highest BCUT2D eigenvalue weighted by Crippen LogP contribution is 2.32. The second-order valence-corrected chi connectivity index (χ2v) is 7.28. The molecule has 0 spiro atoms. The maximum absolute atomic E-state index is 13.1. The van der Waals surface area contributed by atoms with E-state index in [0.29, 0.717) is 0 Å². The van der Waals surface area contributed by atoms with Crippen molar-refractivity contribution in [3.8, 4) is 0 Å². The van der Waals surface area contributed by atoms with Gasteiger partial charge in [0.25, 0.3) is 5.91 Å². The quantitative estimate of drug-likeness (QED) is 0.782. The highest BCUT2D eigenvalue weighted by Gasteiger charge is 2.31. The van der Waals surface area contributed by atoms with Gasteiger partial charge in [-0.15, -0.1) is 11.3 Å². The average Bonchev–Trinajstić information content (AvgIpc) is 3.25. The van der Waals surface area contributed by atoms with Gasteiger partial charge in [-0.25, -0.2) is 4.98 Å². The number of thioether (sulfide) groups is 1. The number of carbonyl (C=O) groups excluding carboxylic acids is 1. The number of carbonyl (C=O) groups is 1. The summed E-state index contributed by atoms with van der Waals surface area (Å²) >= 11 is 3.52. The van der Waals surface area contributed by atoms with Crippen LogP contribution in [0.5, 0.6) is 0 Å². The van der Waals surface area contributed by atoms with Crippen LogP contribution in [-0.4, -0.2) is 38.8 Å². The highest BCUT2D eigenvalue weighted by molar-refractivity contribution is 7.99. The molecule has 1 unspecified atom stereocenters. The van der Waals surface area contributed by atoms with Gasteiger partial charge in [0.05, 0.1) is 6.04 Å². The summed E-state index contributed by atoms with van der Waals surface area (Å²) in [6, 6.07) is 7.90. The lowest BCUT2D eigenvalue weighted by Gasteiger charge is -2.34. The smallest absolute Gasteiger partial charge is 0.255 e. The first-order valence-corrected chi connectivity index (χ1v) is 9.22. The maximum Gasteiger partial charge on any atom is 0.255 e. The zero-order chi connectivity index (χ0) is 14.9. The predicted octanol–water partition coefficient (Wildman–Crippen LogP) is 3.55. The van der Waals surface area contributed by atoms with Gasteiger partial charge >= 0.3 is 0 Å². The third kappa shape index (κ3) is 2.32. The van der Waals surface area contributed by atoms with Gasteiger partial charge in [0.1, 0.15) is 5.01 Å². The van der Waals surface area contributed by atoms with Gasteiger partial charge in [0, 0.05) is 52.3 Å². The third-order valence-corrected chi connectivity index (χ3v) is 5.85. The molecule has 22 heavy (non-hydrogen) atoms. The van der Waals surface area contributed by atoms with E-state index in [0.717, 1.165) is 39.5 Å². The minimum atomic E-state index is 0.0837. The first-order valence-electron chi connectivity index (χ1n) is 7.19. The Kier molecular flexibility index (Phi) is 3.63. The number of aromatic amines is 1. The molecule has 1 aliphatic heterocycles. The Balaban J connectivity index is 1.72. The molecule has 6 heteroatoms. The minimum absolute atomic E-state index is 0.0837. The summed E-state index contributed by atoms with van der Waals surface area (Å²) in [5.74, 6) is 2.00. The number of amides is 1. The van der Waals surface area contributed by atoms with Gasteiger partial charge in [-0.2, -0.15) is 11.8 Å². The number of nitrogens with zero attached hydrogens (tertiary/aromatic N) is 2. The Labute approximate surface area is 136 Å². The van der Waals surface area contributed by atoms with Gasteiger partial charge in [0.2, 0.25) is 0 Å². The molecule has 1 saturated heterocycles. The van der Waals surface area contributed by atoms with Crippen LogP contribution in [0.15, 0.2) is 42.0 Å². The molecule has 0 radical (unpaired) electrons. The lowest BCUT2D eigenvalue weighted by atomic mass is 10.1. The van der Waals surface area contributed by atoms with E-state index in [4.69, 9.17) is 0 Å². The summed E-state index contributed by atoms with van der Waals surface area (Å²) in [7, 11) is 0. The molecule has 0 bridgehead atoms. The largest absolute Gasteiger partial charge is 0.361 e. The number of thiazole rings is 1. The lowest BCUT2D eigenvalue weighted by Crippen LogP contribution is -2.40. The summed E-state index contributed by atoms with van der Waals surface area (Å²) in [5.41, 5.74) is 1.77. The molecule has 1 amide bonds.